The van der Waals surface area contributed by atoms with E-state index < -0.39 is 11.4 Å². The van der Waals surface area contributed by atoms with Gasteiger partial charge in [0.15, 0.2) is 4.34 Å². The molecule has 0 saturated heterocycles. The van der Waals surface area contributed by atoms with E-state index in [4.69, 9.17) is 32.4 Å². The SMILES string of the molecule is CCC(CC)C(=O)Nc1nnc(SCc2cc(=O)c(OC(=O)c3ccc(Cl)cc3Cl)co2)s1. The smallest absolute Gasteiger partial charge is 0.345 e. The second-order valence-electron chi connectivity index (χ2n) is 6.75. The summed E-state index contributed by atoms with van der Waals surface area (Å²) in [5.74, 6) is -0.565. The number of rotatable bonds is 9. The molecule has 2 heterocycles. The Kier molecular flexibility index (Phi) is 8.90. The third-order valence-electron chi connectivity index (χ3n) is 4.54. The predicted molar refractivity (Wildman–Crippen MR) is 129 cm³/mol. The number of benzene rings is 1. The molecule has 3 aromatic rings. The lowest BCUT2D eigenvalue weighted by atomic mass is 10.0. The van der Waals surface area contributed by atoms with Gasteiger partial charge in [0.25, 0.3) is 0 Å². The van der Waals surface area contributed by atoms with E-state index in [1.807, 2.05) is 13.8 Å². The van der Waals surface area contributed by atoms with E-state index in [9.17, 15) is 14.4 Å². The molecule has 0 atom stereocenters. The Hall–Kier alpha value is -2.40. The summed E-state index contributed by atoms with van der Waals surface area (Å²) in [5.41, 5.74) is -0.450. The molecule has 33 heavy (non-hydrogen) atoms. The summed E-state index contributed by atoms with van der Waals surface area (Å²) in [4.78, 5) is 36.8. The van der Waals surface area contributed by atoms with Crippen LogP contribution in [0.1, 0.15) is 42.8 Å². The molecule has 8 nitrogen and oxygen atoms in total. The maximum absolute atomic E-state index is 12.3. The lowest BCUT2D eigenvalue weighted by molar-refractivity contribution is -0.120. The highest BCUT2D eigenvalue weighted by molar-refractivity contribution is 8.00. The van der Waals surface area contributed by atoms with Gasteiger partial charge in [0.05, 0.1) is 16.3 Å². The number of ether oxygens (including phenoxy) is 1. The van der Waals surface area contributed by atoms with Gasteiger partial charge in [0, 0.05) is 17.0 Å². The molecule has 3 rings (SSSR count). The van der Waals surface area contributed by atoms with Crippen LogP contribution in [0.25, 0.3) is 0 Å². The number of carbonyl (C=O) groups is 2. The Bertz CT molecular complexity index is 1210. The van der Waals surface area contributed by atoms with Gasteiger partial charge in [0.1, 0.15) is 12.0 Å². The average Bonchev–Trinajstić information content (AvgIpc) is 3.22. The zero-order valence-corrected chi connectivity index (χ0v) is 20.7. The summed E-state index contributed by atoms with van der Waals surface area (Å²) < 4.78 is 11.1. The van der Waals surface area contributed by atoms with Gasteiger partial charge < -0.3 is 14.5 Å². The number of halogens is 2. The van der Waals surface area contributed by atoms with Crippen LogP contribution < -0.4 is 15.5 Å². The number of nitrogens with one attached hydrogen (secondary N) is 1. The third kappa shape index (κ3) is 6.80. The molecule has 0 aliphatic rings. The fourth-order valence-electron chi connectivity index (χ4n) is 2.72. The van der Waals surface area contributed by atoms with Crippen molar-refractivity contribution in [2.45, 2.75) is 36.8 Å². The van der Waals surface area contributed by atoms with Crippen molar-refractivity contribution in [3.63, 3.8) is 0 Å². The Morgan fingerprint density at radius 2 is 1.97 bits per heavy atom. The normalized spacial score (nSPS) is 10.9. The number of anilines is 1. The zero-order chi connectivity index (χ0) is 24.0. The van der Waals surface area contributed by atoms with Crippen LogP contribution in [-0.4, -0.2) is 22.1 Å². The van der Waals surface area contributed by atoms with Crippen LogP contribution >= 0.6 is 46.3 Å². The van der Waals surface area contributed by atoms with Gasteiger partial charge in [-0.25, -0.2) is 4.79 Å². The molecule has 1 amide bonds. The van der Waals surface area contributed by atoms with Gasteiger partial charge in [-0.3, -0.25) is 9.59 Å². The highest BCUT2D eigenvalue weighted by Gasteiger charge is 2.18. The number of esters is 1. The van der Waals surface area contributed by atoms with E-state index in [0.717, 1.165) is 19.1 Å². The molecule has 1 aromatic carbocycles. The highest BCUT2D eigenvalue weighted by Crippen LogP contribution is 2.29. The van der Waals surface area contributed by atoms with Crippen LogP contribution in [-0.2, 0) is 10.5 Å². The number of thioether (sulfide) groups is 1. The number of aromatic nitrogens is 2. The van der Waals surface area contributed by atoms with Crippen LogP contribution in [0.2, 0.25) is 10.0 Å². The summed E-state index contributed by atoms with van der Waals surface area (Å²) in [6.45, 7) is 3.92. The second-order valence-corrected chi connectivity index (χ2v) is 9.80. The molecule has 0 fully saturated rings. The van der Waals surface area contributed by atoms with E-state index >= 15 is 0 Å². The number of carbonyl (C=O) groups excluding carboxylic acids is 2. The first kappa shape index (κ1) is 25.2. The van der Waals surface area contributed by atoms with Crippen molar-refractivity contribution in [2.75, 3.05) is 5.32 Å². The van der Waals surface area contributed by atoms with E-state index in [1.165, 1.54) is 47.4 Å². The molecule has 0 unspecified atom stereocenters. The summed E-state index contributed by atoms with van der Waals surface area (Å²) in [7, 11) is 0. The quantitative estimate of drug-likeness (QED) is 0.214. The number of hydrogen-bond acceptors (Lipinski definition) is 9. The third-order valence-corrected chi connectivity index (χ3v) is 7.08. The van der Waals surface area contributed by atoms with Crippen LogP contribution in [0.15, 0.2) is 44.1 Å². The molecule has 174 valence electrons. The fourth-order valence-corrected chi connectivity index (χ4v) is 4.85. The van der Waals surface area contributed by atoms with Crippen LogP contribution in [0.4, 0.5) is 5.13 Å². The molecular weight excluding hydrogens is 509 g/mol. The first-order chi connectivity index (χ1) is 15.8. The van der Waals surface area contributed by atoms with Gasteiger partial charge in [-0.2, -0.15) is 0 Å². The maximum atomic E-state index is 12.3. The molecule has 0 spiro atoms. The minimum atomic E-state index is -0.803. The van der Waals surface area contributed by atoms with Gasteiger partial charge in [-0.15, -0.1) is 10.2 Å². The van der Waals surface area contributed by atoms with Crippen molar-refractivity contribution < 1.29 is 18.7 Å². The van der Waals surface area contributed by atoms with Gasteiger partial charge in [-0.1, -0.05) is 60.1 Å². The number of amides is 1. The molecule has 0 aliphatic heterocycles. The first-order valence-electron chi connectivity index (χ1n) is 9.86. The van der Waals surface area contributed by atoms with Crippen molar-refractivity contribution in [3.05, 3.63) is 62.1 Å². The van der Waals surface area contributed by atoms with Crippen LogP contribution in [0.3, 0.4) is 0 Å². The summed E-state index contributed by atoms with van der Waals surface area (Å²) in [5, 5.41) is 11.7. The lowest BCUT2D eigenvalue weighted by Gasteiger charge is -2.09. The predicted octanol–water partition coefficient (Wildman–Crippen LogP) is 5.68. The summed E-state index contributed by atoms with van der Waals surface area (Å²) in [6, 6.07) is 5.53. The minimum absolute atomic E-state index is 0.0670. The van der Waals surface area contributed by atoms with Crippen molar-refractivity contribution in [1.29, 1.82) is 0 Å². The van der Waals surface area contributed by atoms with E-state index in [2.05, 4.69) is 15.5 Å². The molecular formula is C21H19Cl2N3O5S2. The fraction of sp³-hybridized carbons (Fsp3) is 0.286. The monoisotopic (exact) mass is 527 g/mol. The summed E-state index contributed by atoms with van der Waals surface area (Å²) in [6.07, 6.45) is 2.57. The average molecular weight is 528 g/mol. The Morgan fingerprint density at radius 3 is 2.64 bits per heavy atom. The van der Waals surface area contributed by atoms with Gasteiger partial charge >= 0.3 is 5.97 Å². The van der Waals surface area contributed by atoms with Crippen LogP contribution in [0.5, 0.6) is 5.75 Å². The molecule has 0 bridgehead atoms. The van der Waals surface area contributed by atoms with Gasteiger partial charge in [-0.05, 0) is 31.0 Å². The maximum Gasteiger partial charge on any atom is 0.345 e. The first-order valence-corrected chi connectivity index (χ1v) is 12.4. The van der Waals surface area contributed by atoms with Crippen LogP contribution in [0, 0.1) is 5.92 Å². The van der Waals surface area contributed by atoms with Crippen molar-refractivity contribution >= 4 is 63.3 Å². The van der Waals surface area contributed by atoms with E-state index in [1.54, 1.807) is 0 Å². The Balaban J connectivity index is 1.59. The van der Waals surface area contributed by atoms with Crippen molar-refractivity contribution in [2.24, 2.45) is 5.92 Å². The van der Waals surface area contributed by atoms with Crippen molar-refractivity contribution in [1.82, 2.24) is 10.2 Å². The lowest BCUT2D eigenvalue weighted by Crippen LogP contribution is -2.21. The number of nitrogens with zero attached hydrogens (tertiary/aromatic N) is 2. The Labute approximate surface area is 207 Å². The molecule has 0 aliphatic carbocycles. The molecule has 2 aromatic heterocycles. The van der Waals surface area contributed by atoms with E-state index in [0.29, 0.717) is 26.0 Å². The standard InChI is InChI=1S/C21H19Cl2N3O5S2/c1-3-11(4-2)18(28)24-20-25-26-21(33-20)32-10-13-8-16(27)17(9-30-13)31-19(29)14-6-5-12(22)7-15(14)23/h5-9,11H,3-4,10H2,1-2H3,(H,24,25,28). The molecule has 12 heteroatoms. The Morgan fingerprint density at radius 1 is 1.21 bits per heavy atom. The second kappa shape index (κ2) is 11.6. The summed E-state index contributed by atoms with van der Waals surface area (Å²) >= 11 is 14.3. The zero-order valence-electron chi connectivity index (χ0n) is 17.6. The van der Waals surface area contributed by atoms with Gasteiger partial charge in [0.2, 0.25) is 22.2 Å². The largest absolute Gasteiger partial charge is 0.464 e. The highest BCUT2D eigenvalue weighted by atomic mass is 35.5. The van der Waals surface area contributed by atoms with E-state index in [-0.39, 0.29) is 28.2 Å². The molecule has 0 radical (unpaired) electrons. The van der Waals surface area contributed by atoms with Crippen molar-refractivity contribution in [3.8, 4) is 5.75 Å². The molecule has 1 N–H and O–H groups in total. The molecule has 0 saturated carbocycles. The number of hydrogen-bond donors (Lipinski definition) is 1. The topological polar surface area (TPSA) is 111 Å². The minimum Gasteiger partial charge on any atom is -0.464 e.